The van der Waals surface area contributed by atoms with E-state index in [0.717, 1.165) is 24.0 Å². The van der Waals surface area contributed by atoms with Crippen molar-refractivity contribution in [1.82, 2.24) is 20.2 Å². The van der Waals surface area contributed by atoms with Crippen molar-refractivity contribution in [3.8, 4) is 0 Å². The molecule has 0 saturated heterocycles. The maximum Gasteiger partial charge on any atom is 0.138 e. The molecule has 128 valence electrons. The molecule has 1 aliphatic rings. The van der Waals surface area contributed by atoms with Crippen molar-refractivity contribution < 1.29 is 9.13 Å². The van der Waals surface area contributed by atoms with Crippen molar-refractivity contribution in [2.24, 2.45) is 0 Å². The summed E-state index contributed by atoms with van der Waals surface area (Å²) in [5.74, 6) is -0.143. The van der Waals surface area contributed by atoms with Gasteiger partial charge in [-0.3, -0.25) is 0 Å². The first kappa shape index (κ1) is 15.9. The summed E-state index contributed by atoms with van der Waals surface area (Å²) < 4.78 is 21.4. The zero-order valence-electron chi connectivity index (χ0n) is 13.7. The maximum atomic E-state index is 13.3. The molecule has 1 aromatic heterocycles. The van der Waals surface area contributed by atoms with Crippen LogP contribution in [0.5, 0.6) is 0 Å². The Kier molecular flexibility index (Phi) is 4.52. The normalized spacial score (nSPS) is 23.0. The zero-order chi connectivity index (χ0) is 17.1. The van der Waals surface area contributed by atoms with Crippen molar-refractivity contribution >= 4 is 0 Å². The minimum absolute atomic E-state index is 0.0415. The summed E-state index contributed by atoms with van der Waals surface area (Å²) in [5.41, 5.74) is 2.20. The standard InChI is InChI=1S/C19H19FN4O/c20-16-8-6-15(7-9-16)19-17(24-13-21-22-23-24)10-11-18(19)25-12-14-4-2-1-3-5-14/h1-9,13,17-19H,10-12H2. The van der Waals surface area contributed by atoms with Gasteiger partial charge in [-0.05, 0) is 46.5 Å². The molecule has 0 amide bonds. The van der Waals surface area contributed by atoms with Gasteiger partial charge in [0.1, 0.15) is 12.1 Å². The van der Waals surface area contributed by atoms with E-state index in [-0.39, 0.29) is 23.9 Å². The molecule has 25 heavy (non-hydrogen) atoms. The van der Waals surface area contributed by atoms with Gasteiger partial charge in [0.15, 0.2) is 0 Å². The molecular formula is C19H19FN4O. The smallest absolute Gasteiger partial charge is 0.138 e. The molecule has 1 saturated carbocycles. The van der Waals surface area contributed by atoms with Crippen LogP contribution in [0.2, 0.25) is 0 Å². The number of nitrogens with zero attached hydrogens (tertiary/aromatic N) is 4. The zero-order valence-corrected chi connectivity index (χ0v) is 13.7. The average molecular weight is 338 g/mol. The van der Waals surface area contributed by atoms with Gasteiger partial charge in [0.2, 0.25) is 0 Å². The van der Waals surface area contributed by atoms with Crippen LogP contribution in [-0.2, 0) is 11.3 Å². The first-order valence-corrected chi connectivity index (χ1v) is 8.45. The van der Waals surface area contributed by atoms with Crippen molar-refractivity contribution in [3.63, 3.8) is 0 Å². The van der Waals surface area contributed by atoms with Gasteiger partial charge in [-0.2, -0.15) is 0 Å². The molecule has 0 bridgehead atoms. The molecule has 2 aromatic carbocycles. The van der Waals surface area contributed by atoms with Gasteiger partial charge in [-0.1, -0.05) is 42.5 Å². The fraction of sp³-hybridized carbons (Fsp3) is 0.316. The third kappa shape index (κ3) is 3.44. The quantitative estimate of drug-likeness (QED) is 0.714. The number of hydrogen-bond acceptors (Lipinski definition) is 4. The first-order valence-electron chi connectivity index (χ1n) is 8.45. The topological polar surface area (TPSA) is 52.8 Å². The summed E-state index contributed by atoms with van der Waals surface area (Å²) >= 11 is 0. The van der Waals surface area contributed by atoms with Crippen molar-refractivity contribution in [2.45, 2.75) is 37.5 Å². The monoisotopic (exact) mass is 338 g/mol. The van der Waals surface area contributed by atoms with Crippen molar-refractivity contribution in [3.05, 3.63) is 77.9 Å². The molecule has 3 unspecified atom stereocenters. The molecule has 4 rings (SSSR count). The second-order valence-corrected chi connectivity index (χ2v) is 6.35. The van der Waals surface area contributed by atoms with E-state index in [1.807, 2.05) is 30.3 Å². The van der Waals surface area contributed by atoms with Crippen LogP contribution in [0.4, 0.5) is 4.39 Å². The van der Waals surface area contributed by atoms with Crippen LogP contribution in [0.3, 0.4) is 0 Å². The number of halogens is 1. The number of aromatic nitrogens is 4. The summed E-state index contributed by atoms with van der Waals surface area (Å²) in [6.45, 7) is 0.561. The maximum absolute atomic E-state index is 13.3. The number of benzene rings is 2. The van der Waals surface area contributed by atoms with Crippen LogP contribution < -0.4 is 0 Å². The summed E-state index contributed by atoms with van der Waals surface area (Å²) in [7, 11) is 0. The lowest BCUT2D eigenvalue weighted by atomic mass is 9.92. The van der Waals surface area contributed by atoms with Gasteiger partial charge in [0.25, 0.3) is 0 Å². The van der Waals surface area contributed by atoms with E-state index in [4.69, 9.17) is 4.74 Å². The Balaban J connectivity index is 1.58. The Hall–Kier alpha value is -2.60. The summed E-state index contributed by atoms with van der Waals surface area (Å²) in [6.07, 6.45) is 3.52. The van der Waals surface area contributed by atoms with E-state index in [0.29, 0.717) is 6.61 Å². The number of hydrogen-bond donors (Lipinski definition) is 0. The molecule has 6 heteroatoms. The molecule has 5 nitrogen and oxygen atoms in total. The van der Waals surface area contributed by atoms with E-state index in [2.05, 4.69) is 27.7 Å². The van der Waals surface area contributed by atoms with E-state index < -0.39 is 0 Å². The molecule has 0 spiro atoms. The summed E-state index contributed by atoms with van der Waals surface area (Å²) in [5, 5.41) is 11.6. The second kappa shape index (κ2) is 7.11. The highest BCUT2D eigenvalue weighted by molar-refractivity contribution is 5.25. The largest absolute Gasteiger partial charge is 0.373 e. The van der Waals surface area contributed by atoms with Gasteiger partial charge in [-0.15, -0.1) is 5.10 Å². The van der Waals surface area contributed by atoms with Crippen molar-refractivity contribution in [1.29, 1.82) is 0 Å². The Morgan fingerprint density at radius 3 is 2.56 bits per heavy atom. The average Bonchev–Trinajstić information content (AvgIpc) is 3.31. The molecule has 1 aliphatic carbocycles. The van der Waals surface area contributed by atoms with Gasteiger partial charge >= 0.3 is 0 Å². The molecule has 0 radical (unpaired) electrons. The predicted molar refractivity (Wildman–Crippen MR) is 90.2 cm³/mol. The molecule has 0 aliphatic heterocycles. The molecule has 3 atom stereocenters. The van der Waals surface area contributed by atoms with Crippen LogP contribution in [0.15, 0.2) is 60.9 Å². The van der Waals surface area contributed by atoms with Crippen LogP contribution >= 0.6 is 0 Å². The second-order valence-electron chi connectivity index (χ2n) is 6.35. The SMILES string of the molecule is Fc1ccc(C2C(OCc3ccccc3)CCC2n2cnnn2)cc1. The predicted octanol–water partition coefficient (Wildman–Crippen LogP) is 3.52. The van der Waals surface area contributed by atoms with Crippen LogP contribution in [0.1, 0.15) is 35.9 Å². The number of rotatable bonds is 5. The van der Waals surface area contributed by atoms with E-state index in [1.54, 1.807) is 11.0 Å². The minimum atomic E-state index is -0.234. The Labute approximate surface area is 145 Å². The van der Waals surface area contributed by atoms with E-state index >= 15 is 0 Å². The minimum Gasteiger partial charge on any atom is -0.373 e. The fourth-order valence-electron chi connectivity index (χ4n) is 3.65. The molecule has 3 aromatic rings. The summed E-state index contributed by atoms with van der Waals surface area (Å²) in [6, 6.07) is 16.9. The van der Waals surface area contributed by atoms with E-state index in [1.165, 1.54) is 12.1 Å². The van der Waals surface area contributed by atoms with Crippen LogP contribution in [0.25, 0.3) is 0 Å². The third-order valence-electron chi connectivity index (χ3n) is 4.83. The van der Waals surface area contributed by atoms with Crippen LogP contribution in [0, 0.1) is 5.82 Å². The fourth-order valence-corrected chi connectivity index (χ4v) is 3.65. The van der Waals surface area contributed by atoms with Crippen molar-refractivity contribution in [2.75, 3.05) is 0 Å². The van der Waals surface area contributed by atoms with Gasteiger partial charge in [0.05, 0.1) is 18.8 Å². The molecule has 0 N–H and O–H groups in total. The summed E-state index contributed by atoms with van der Waals surface area (Å²) in [4.78, 5) is 0. The third-order valence-corrected chi connectivity index (χ3v) is 4.83. The number of tetrazole rings is 1. The lowest BCUT2D eigenvalue weighted by molar-refractivity contribution is 0.0299. The first-order chi connectivity index (χ1) is 12.3. The Morgan fingerprint density at radius 2 is 1.84 bits per heavy atom. The van der Waals surface area contributed by atoms with Gasteiger partial charge in [0, 0.05) is 5.92 Å². The molecule has 1 fully saturated rings. The van der Waals surface area contributed by atoms with Gasteiger partial charge in [-0.25, -0.2) is 9.07 Å². The molecular weight excluding hydrogens is 319 g/mol. The lowest BCUT2D eigenvalue weighted by Gasteiger charge is -2.25. The molecule has 1 heterocycles. The highest BCUT2D eigenvalue weighted by Gasteiger charge is 2.39. The van der Waals surface area contributed by atoms with Crippen LogP contribution in [-0.4, -0.2) is 26.3 Å². The highest BCUT2D eigenvalue weighted by Crippen LogP contribution is 2.44. The Bertz CT molecular complexity index is 792. The number of ether oxygens (including phenoxy) is 1. The van der Waals surface area contributed by atoms with Gasteiger partial charge < -0.3 is 4.74 Å². The Morgan fingerprint density at radius 1 is 1.04 bits per heavy atom. The van der Waals surface area contributed by atoms with E-state index in [9.17, 15) is 4.39 Å². The lowest BCUT2D eigenvalue weighted by Crippen LogP contribution is -2.23. The highest BCUT2D eigenvalue weighted by atomic mass is 19.1.